The molecule has 132 valence electrons. The van der Waals surface area contributed by atoms with Crippen molar-refractivity contribution in [3.05, 3.63) is 81.1 Å². The molecule has 3 aromatic rings. The first-order valence-corrected chi connectivity index (χ1v) is 9.66. The van der Waals surface area contributed by atoms with Crippen molar-refractivity contribution in [1.29, 1.82) is 0 Å². The van der Waals surface area contributed by atoms with Crippen molar-refractivity contribution in [3.63, 3.8) is 0 Å². The molecule has 0 bridgehead atoms. The van der Waals surface area contributed by atoms with Gasteiger partial charge in [0, 0.05) is 33.4 Å². The van der Waals surface area contributed by atoms with Crippen molar-refractivity contribution in [3.8, 4) is 11.1 Å². The topological polar surface area (TPSA) is 26.4 Å². The Labute approximate surface area is 162 Å². The maximum absolute atomic E-state index is 13.2. The zero-order valence-corrected chi connectivity index (χ0v) is 16.9. The first kappa shape index (κ1) is 17.3. The maximum atomic E-state index is 13.2. The van der Waals surface area contributed by atoms with Gasteiger partial charge in [0.15, 0.2) is 0 Å². The molecule has 0 saturated carbocycles. The second-order valence-electron chi connectivity index (χ2n) is 7.26. The number of nitrogens with one attached hydrogen (secondary N) is 1. The van der Waals surface area contributed by atoms with Crippen LogP contribution < -0.4 is 4.90 Å². The average molecular weight is 410 g/mol. The van der Waals surface area contributed by atoms with E-state index in [0.29, 0.717) is 0 Å². The molecule has 0 atom stereocenters. The monoisotopic (exact) mass is 409 g/mol. The molecule has 1 aliphatic rings. The van der Waals surface area contributed by atoms with Gasteiger partial charge >= 0.3 is 0 Å². The third-order valence-electron chi connectivity index (χ3n) is 5.07. The lowest BCUT2D eigenvalue weighted by Crippen LogP contribution is -3.04. The van der Waals surface area contributed by atoms with E-state index in [2.05, 4.69) is 59.7 Å². The van der Waals surface area contributed by atoms with Crippen molar-refractivity contribution < 1.29 is 9.69 Å². The molecule has 2 aromatic carbocycles. The number of hydrogen-bond donors (Lipinski definition) is 1. The Bertz CT molecular complexity index is 1000. The van der Waals surface area contributed by atoms with Gasteiger partial charge in [-0.15, -0.1) is 0 Å². The molecule has 0 fully saturated rings. The van der Waals surface area contributed by atoms with Gasteiger partial charge in [-0.3, -0.25) is 4.79 Å². The predicted octanol–water partition coefficient (Wildman–Crippen LogP) is 3.46. The van der Waals surface area contributed by atoms with Crippen LogP contribution in [0.1, 0.15) is 32.9 Å². The molecular weight excluding hydrogens is 388 g/mol. The number of hydrogen-bond acceptors (Lipinski definition) is 1. The predicted molar refractivity (Wildman–Crippen MR) is 108 cm³/mol. The number of nitrogens with zero attached hydrogens (tertiary/aromatic N) is 1. The Morgan fingerprint density at radius 1 is 1.04 bits per heavy atom. The highest BCUT2D eigenvalue weighted by Crippen LogP contribution is 2.43. The van der Waals surface area contributed by atoms with Crippen molar-refractivity contribution >= 4 is 21.7 Å². The molecule has 4 heteroatoms. The average Bonchev–Trinajstić information content (AvgIpc) is 3.03. The van der Waals surface area contributed by atoms with Crippen LogP contribution in [0.15, 0.2) is 53.0 Å². The van der Waals surface area contributed by atoms with Crippen LogP contribution in [0.25, 0.3) is 11.1 Å². The summed E-state index contributed by atoms with van der Waals surface area (Å²) < 4.78 is 3.22. The summed E-state index contributed by atoms with van der Waals surface area (Å²) in [6.45, 7) is 3.76. The summed E-state index contributed by atoms with van der Waals surface area (Å²) in [6, 6.07) is 16.3. The molecule has 0 amide bonds. The molecule has 0 spiro atoms. The smallest absolute Gasteiger partial charge is 0.210 e. The minimum Gasteiger partial charge on any atom is -0.337 e. The number of quaternary nitrogens is 1. The van der Waals surface area contributed by atoms with Crippen LogP contribution in [0, 0.1) is 6.92 Å². The van der Waals surface area contributed by atoms with Crippen LogP contribution in [0.3, 0.4) is 0 Å². The molecule has 1 aliphatic carbocycles. The van der Waals surface area contributed by atoms with Gasteiger partial charge in [0.25, 0.3) is 0 Å². The summed E-state index contributed by atoms with van der Waals surface area (Å²) in [6.07, 6.45) is 0. The fourth-order valence-corrected chi connectivity index (χ4v) is 4.26. The second kappa shape index (κ2) is 6.53. The lowest BCUT2D eigenvalue weighted by atomic mass is 10.0. The van der Waals surface area contributed by atoms with Crippen LogP contribution in [0.4, 0.5) is 0 Å². The summed E-state index contributed by atoms with van der Waals surface area (Å²) in [5.41, 5.74) is 7.53. The highest BCUT2D eigenvalue weighted by molar-refractivity contribution is 9.10. The van der Waals surface area contributed by atoms with Gasteiger partial charge in [0.1, 0.15) is 6.54 Å². The van der Waals surface area contributed by atoms with Crippen molar-refractivity contribution in [2.24, 2.45) is 0 Å². The highest BCUT2D eigenvalue weighted by atomic mass is 79.9. The SMILES string of the molecule is Cc1c(C[NH+](C)C)c2c(n1Cc1ccccc1)C(=O)c1ccc(Br)cc1-2. The van der Waals surface area contributed by atoms with Crippen LogP contribution in [0.2, 0.25) is 0 Å². The summed E-state index contributed by atoms with van der Waals surface area (Å²) in [5, 5.41) is 0. The summed E-state index contributed by atoms with van der Waals surface area (Å²) in [5.74, 6) is 0.140. The summed E-state index contributed by atoms with van der Waals surface area (Å²) in [4.78, 5) is 14.6. The summed E-state index contributed by atoms with van der Waals surface area (Å²) >= 11 is 3.57. The first-order valence-electron chi connectivity index (χ1n) is 8.87. The Morgan fingerprint density at radius 2 is 1.77 bits per heavy atom. The first-order chi connectivity index (χ1) is 12.5. The fourth-order valence-electron chi connectivity index (χ4n) is 3.90. The van der Waals surface area contributed by atoms with Gasteiger partial charge in [-0.2, -0.15) is 0 Å². The van der Waals surface area contributed by atoms with E-state index in [1.165, 1.54) is 21.7 Å². The van der Waals surface area contributed by atoms with Crippen LogP contribution in [-0.2, 0) is 13.1 Å². The Kier molecular flexibility index (Phi) is 4.33. The van der Waals surface area contributed by atoms with Crippen molar-refractivity contribution in [2.45, 2.75) is 20.0 Å². The van der Waals surface area contributed by atoms with Crippen molar-refractivity contribution in [1.82, 2.24) is 4.57 Å². The molecule has 0 saturated heterocycles. The van der Waals surface area contributed by atoms with E-state index in [9.17, 15) is 4.79 Å². The molecular formula is C22H22BrN2O+. The molecule has 0 aliphatic heterocycles. The van der Waals surface area contributed by atoms with Crippen LogP contribution in [0.5, 0.6) is 0 Å². The minimum atomic E-state index is 0.140. The lowest BCUT2D eigenvalue weighted by molar-refractivity contribution is -0.872. The minimum absolute atomic E-state index is 0.140. The number of fused-ring (bicyclic) bond motifs is 3. The van der Waals surface area contributed by atoms with Gasteiger partial charge in [-0.25, -0.2) is 0 Å². The van der Waals surface area contributed by atoms with Crippen LogP contribution >= 0.6 is 15.9 Å². The quantitative estimate of drug-likeness (QED) is 0.548. The van der Waals surface area contributed by atoms with E-state index in [1.54, 1.807) is 0 Å². The number of aromatic nitrogens is 1. The molecule has 1 heterocycles. The molecule has 26 heavy (non-hydrogen) atoms. The normalized spacial score (nSPS) is 12.6. The molecule has 0 radical (unpaired) electrons. The van der Waals surface area contributed by atoms with Gasteiger partial charge in [0.2, 0.25) is 5.78 Å². The Balaban J connectivity index is 1.94. The number of benzene rings is 2. The largest absolute Gasteiger partial charge is 0.337 e. The van der Waals surface area contributed by atoms with Crippen LogP contribution in [-0.4, -0.2) is 24.4 Å². The van der Waals surface area contributed by atoms with Gasteiger partial charge < -0.3 is 9.47 Å². The Morgan fingerprint density at radius 3 is 2.46 bits per heavy atom. The van der Waals surface area contributed by atoms with E-state index in [-0.39, 0.29) is 5.78 Å². The van der Waals surface area contributed by atoms with Gasteiger partial charge in [-0.1, -0.05) is 46.3 Å². The molecule has 4 rings (SSSR count). The van der Waals surface area contributed by atoms with E-state index < -0.39 is 0 Å². The van der Waals surface area contributed by atoms with Gasteiger partial charge in [0.05, 0.1) is 19.8 Å². The zero-order valence-electron chi connectivity index (χ0n) is 15.3. The van der Waals surface area contributed by atoms with Crippen molar-refractivity contribution in [2.75, 3.05) is 14.1 Å². The second-order valence-corrected chi connectivity index (χ2v) is 8.18. The molecule has 1 aromatic heterocycles. The number of carbonyl (C=O) groups excluding carboxylic acids is 1. The maximum Gasteiger partial charge on any atom is 0.210 e. The summed E-state index contributed by atoms with van der Waals surface area (Å²) in [7, 11) is 4.30. The highest BCUT2D eigenvalue weighted by Gasteiger charge is 2.35. The molecule has 3 nitrogen and oxygen atoms in total. The van der Waals surface area contributed by atoms with E-state index in [1.807, 2.05) is 30.3 Å². The Hall–Kier alpha value is -2.17. The lowest BCUT2D eigenvalue weighted by Gasteiger charge is -2.13. The van der Waals surface area contributed by atoms with E-state index in [4.69, 9.17) is 0 Å². The zero-order chi connectivity index (χ0) is 18.4. The standard InChI is InChI=1S/C22H21BrN2O/c1-14-19(13-24(2)3)20-18-11-16(23)9-10-17(18)22(26)21(20)25(14)12-15-7-5-4-6-8-15/h4-11H,12-13H2,1-3H3/p+1. The third kappa shape index (κ3) is 2.74. The number of carbonyl (C=O) groups is 1. The molecule has 0 unspecified atom stereocenters. The number of halogens is 1. The number of ketones is 1. The molecule has 1 N–H and O–H groups in total. The third-order valence-corrected chi connectivity index (χ3v) is 5.57. The van der Waals surface area contributed by atoms with Gasteiger partial charge in [-0.05, 0) is 36.2 Å². The van der Waals surface area contributed by atoms with E-state index in [0.717, 1.165) is 39.9 Å². The van der Waals surface area contributed by atoms with E-state index >= 15 is 0 Å². The fraction of sp³-hybridized carbons (Fsp3) is 0.227. The number of rotatable bonds is 4.